The van der Waals surface area contributed by atoms with Crippen molar-refractivity contribution in [3.8, 4) is 0 Å². The minimum absolute atomic E-state index is 0.179. The lowest BCUT2D eigenvalue weighted by atomic mass is 10.0. The van der Waals surface area contributed by atoms with Crippen LogP contribution in [0.1, 0.15) is 119 Å². The number of aromatic amines is 2. The average molecular weight is 886 g/mol. The number of ether oxygens (including phenoxy) is 1. The fourth-order valence-electron chi connectivity index (χ4n) is 9.81. The van der Waals surface area contributed by atoms with Gasteiger partial charge in [-0.25, -0.2) is 19.6 Å². The number of nitrogens with zero attached hydrogens (tertiary/aromatic N) is 5. The molecule has 3 aliphatic rings. The van der Waals surface area contributed by atoms with Crippen molar-refractivity contribution in [2.75, 3.05) is 25.1 Å². The number of aromatic nitrogens is 4. The highest BCUT2D eigenvalue weighted by atomic mass is 19.4. The number of carbonyl (C=O) groups is 4. The quantitative estimate of drug-likeness (QED) is 0.0866. The van der Waals surface area contributed by atoms with Crippen molar-refractivity contribution < 1.29 is 42.2 Å². The lowest BCUT2D eigenvalue weighted by Crippen LogP contribution is -2.51. The number of halogens is 3. The molecule has 3 aromatic carbocycles. The summed E-state index contributed by atoms with van der Waals surface area (Å²) in [7, 11) is 1.26. The zero-order valence-electron chi connectivity index (χ0n) is 36.4. The van der Waals surface area contributed by atoms with Crippen LogP contribution in [0.2, 0.25) is 0 Å². The zero-order valence-corrected chi connectivity index (χ0v) is 36.4. The number of alkyl carbamates (subject to hydrolysis) is 1. The monoisotopic (exact) mass is 885 g/mol. The van der Waals surface area contributed by atoms with Gasteiger partial charge < -0.3 is 45.1 Å². The fraction of sp³-hybridized carbons (Fsp3) is 0.478. The normalized spacial score (nSPS) is 21.3. The largest absolute Gasteiger partial charge is 0.465 e. The van der Waals surface area contributed by atoms with Crippen LogP contribution in [-0.2, 0) is 20.5 Å². The maximum atomic E-state index is 13.8. The number of benzene rings is 3. The SMILES string of the molecule is COC(=O)N[C@H](C(=O)N1CCC[C@H]1c1nc2ccc([C@H]3CC[C@H](c4ccc5nc([C@@H]6CCCN6C(=O)[C@@H](NC(=O)O)C(C)C)[nH]c5c4)N3c3ccc(C(F)(F)F)cc3)cc2[nH]1)C(C)C. The van der Waals surface area contributed by atoms with Gasteiger partial charge in [-0.3, -0.25) is 9.59 Å². The minimum Gasteiger partial charge on any atom is -0.465 e. The van der Waals surface area contributed by atoms with Gasteiger partial charge in [0.2, 0.25) is 11.8 Å². The molecule has 8 rings (SSSR count). The van der Waals surface area contributed by atoms with E-state index in [2.05, 4.69) is 25.5 Å². The van der Waals surface area contributed by atoms with Gasteiger partial charge in [-0.05, 0) is 110 Å². The number of rotatable bonds is 11. The number of carboxylic acid groups (broad SMARTS) is 1. The Morgan fingerprint density at radius 2 is 1.17 bits per heavy atom. The Kier molecular flexibility index (Phi) is 12.2. The molecule has 0 radical (unpaired) electrons. The molecule has 4 amide bonds. The molecule has 0 saturated carbocycles. The van der Waals surface area contributed by atoms with Crippen molar-refractivity contribution in [1.82, 2.24) is 40.4 Å². The van der Waals surface area contributed by atoms with E-state index in [-0.39, 0.29) is 47.8 Å². The molecular weight excluding hydrogens is 832 g/mol. The highest BCUT2D eigenvalue weighted by molar-refractivity contribution is 5.87. The maximum Gasteiger partial charge on any atom is 0.416 e. The maximum absolute atomic E-state index is 13.8. The van der Waals surface area contributed by atoms with E-state index in [1.54, 1.807) is 23.6 Å². The number of methoxy groups -OCH3 is 1. The van der Waals surface area contributed by atoms with E-state index in [1.165, 1.54) is 19.2 Å². The summed E-state index contributed by atoms with van der Waals surface area (Å²) in [5.74, 6) is 0.299. The van der Waals surface area contributed by atoms with Gasteiger partial charge in [0.25, 0.3) is 0 Å². The molecule has 3 saturated heterocycles. The first-order valence-electron chi connectivity index (χ1n) is 21.9. The van der Waals surface area contributed by atoms with Crippen LogP contribution in [0.25, 0.3) is 22.1 Å². The van der Waals surface area contributed by atoms with E-state index in [9.17, 15) is 37.5 Å². The molecule has 0 spiro atoms. The predicted molar refractivity (Wildman–Crippen MR) is 232 cm³/mol. The number of H-pyrrole nitrogens is 2. The van der Waals surface area contributed by atoms with Crippen molar-refractivity contribution in [3.05, 3.63) is 89.0 Å². The number of nitrogens with one attached hydrogen (secondary N) is 4. The molecule has 5 heterocycles. The smallest absolute Gasteiger partial charge is 0.416 e. The number of amides is 4. The number of carbonyl (C=O) groups excluding carboxylic acids is 3. The molecule has 5 N–H and O–H groups in total. The first-order chi connectivity index (χ1) is 30.5. The predicted octanol–water partition coefficient (Wildman–Crippen LogP) is 8.54. The van der Waals surface area contributed by atoms with Crippen LogP contribution in [0.3, 0.4) is 0 Å². The second kappa shape index (κ2) is 17.7. The molecule has 340 valence electrons. The summed E-state index contributed by atoms with van der Waals surface area (Å²) in [6.07, 6.45) is -2.19. The molecule has 0 aliphatic carbocycles. The van der Waals surface area contributed by atoms with Gasteiger partial charge in [0.1, 0.15) is 23.7 Å². The number of alkyl halides is 3. The lowest BCUT2D eigenvalue weighted by Gasteiger charge is -2.33. The van der Waals surface area contributed by atoms with Crippen LogP contribution in [0, 0.1) is 11.8 Å². The number of imidazole rings is 2. The van der Waals surface area contributed by atoms with Crippen molar-refractivity contribution in [3.63, 3.8) is 0 Å². The van der Waals surface area contributed by atoms with Gasteiger partial charge in [0, 0.05) is 18.8 Å². The van der Waals surface area contributed by atoms with Crippen LogP contribution in [0.4, 0.5) is 28.4 Å². The van der Waals surface area contributed by atoms with Gasteiger partial charge in [0.05, 0.1) is 58.9 Å². The third-order valence-electron chi connectivity index (χ3n) is 13.0. The molecule has 64 heavy (non-hydrogen) atoms. The molecule has 0 bridgehead atoms. The highest BCUT2D eigenvalue weighted by Crippen LogP contribution is 2.48. The Morgan fingerprint density at radius 3 is 1.59 bits per heavy atom. The Labute approximate surface area is 368 Å². The molecule has 6 atom stereocenters. The fourth-order valence-corrected chi connectivity index (χ4v) is 9.81. The van der Waals surface area contributed by atoms with E-state index in [0.717, 1.165) is 47.1 Å². The summed E-state index contributed by atoms with van der Waals surface area (Å²) in [4.78, 5) is 73.4. The number of fused-ring (bicyclic) bond motifs is 2. The van der Waals surface area contributed by atoms with Crippen molar-refractivity contribution in [2.24, 2.45) is 11.8 Å². The van der Waals surface area contributed by atoms with Crippen LogP contribution >= 0.6 is 0 Å². The zero-order chi connectivity index (χ0) is 45.6. The lowest BCUT2D eigenvalue weighted by molar-refractivity contribution is -0.138. The number of hydrogen-bond acceptors (Lipinski definition) is 8. The Balaban J connectivity index is 1.09. The summed E-state index contributed by atoms with van der Waals surface area (Å²) >= 11 is 0. The molecule has 2 aromatic heterocycles. The van der Waals surface area contributed by atoms with E-state index in [1.807, 2.05) is 50.2 Å². The van der Waals surface area contributed by atoms with E-state index in [4.69, 9.17) is 14.7 Å². The first kappa shape index (κ1) is 44.3. The summed E-state index contributed by atoms with van der Waals surface area (Å²) in [5.41, 5.74) is 4.69. The van der Waals surface area contributed by atoms with E-state index >= 15 is 0 Å². The second-order valence-electron chi connectivity index (χ2n) is 17.8. The molecule has 5 aromatic rings. The van der Waals surface area contributed by atoms with Gasteiger partial charge in [-0.15, -0.1) is 0 Å². The standard InChI is InChI=1S/C46H54F3N9O6/c1-24(2)38(54-44(61)62)42(59)56-20-6-8-36(56)40-50-30-16-10-26(22-32(30)52-40)34-18-19-35(58(34)29-14-12-28(13-15-29)46(47,48)49)27-11-17-31-33(23-27)53-41(51-31)37-9-7-21-57(37)43(60)39(25(3)4)55-45(63)64-5/h10-17,22-25,34-39,54H,6-9,18-21H2,1-5H3,(H,50,52)(H,51,53)(H,55,63)(H,61,62)/t34-,35-,36+,37+,38+,39+/m1/s1. The summed E-state index contributed by atoms with van der Waals surface area (Å²) < 4.78 is 46.1. The van der Waals surface area contributed by atoms with Gasteiger partial charge in [0.15, 0.2) is 0 Å². The third-order valence-corrected chi connectivity index (χ3v) is 13.0. The van der Waals surface area contributed by atoms with Gasteiger partial charge in [-0.1, -0.05) is 39.8 Å². The van der Waals surface area contributed by atoms with Crippen LogP contribution < -0.4 is 15.5 Å². The average Bonchev–Trinajstić information content (AvgIpc) is 4.11. The Hall–Kier alpha value is -6.33. The van der Waals surface area contributed by atoms with Crippen LogP contribution in [-0.4, -0.2) is 91.1 Å². The Morgan fingerprint density at radius 1 is 0.703 bits per heavy atom. The topological polar surface area (TPSA) is 189 Å². The first-order valence-corrected chi connectivity index (χ1v) is 21.9. The number of likely N-dealkylation sites (tertiary alicyclic amines) is 2. The molecular formula is C46H54F3N9O6. The van der Waals surface area contributed by atoms with E-state index < -0.39 is 36.0 Å². The number of anilines is 1. The van der Waals surface area contributed by atoms with Gasteiger partial charge >= 0.3 is 18.4 Å². The van der Waals surface area contributed by atoms with Gasteiger partial charge in [-0.2, -0.15) is 13.2 Å². The summed E-state index contributed by atoms with van der Waals surface area (Å²) in [6, 6.07) is 14.3. The molecule has 3 aliphatic heterocycles. The Bertz CT molecular complexity index is 2540. The molecule has 3 fully saturated rings. The van der Waals surface area contributed by atoms with Crippen molar-refractivity contribution in [2.45, 2.75) is 109 Å². The highest BCUT2D eigenvalue weighted by Gasteiger charge is 2.41. The van der Waals surface area contributed by atoms with Crippen LogP contribution in [0.5, 0.6) is 0 Å². The second-order valence-corrected chi connectivity index (χ2v) is 17.8. The minimum atomic E-state index is -4.50. The summed E-state index contributed by atoms with van der Waals surface area (Å²) in [6.45, 7) is 8.31. The third kappa shape index (κ3) is 8.65. The van der Waals surface area contributed by atoms with Crippen LogP contribution in [0.15, 0.2) is 60.7 Å². The van der Waals surface area contributed by atoms with Crippen molar-refractivity contribution in [1.29, 1.82) is 0 Å². The van der Waals surface area contributed by atoms with E-state index in [0.29, 0.717) is 67.1 Å². The molecule has 18 heteroatoms. The van der Waals surface area contributed by atoms with Crippen molar-refractivity contribution >= 4 is 51.8 Å². The number of hydrogen-bond donors (Lipinski definition) is 5. The summed E-state index contributed by atoms with van der Waals surface area (Å²) in [5, 5.41) is 14.5. The molecule has 0 unspecified atom stereocenters. The molecule has 15 nitrogen and oxygen atoms in total.